The summed E-state index contributed by atoms with van der Waals surface area (Å²) in [6.45, 7) is 0.662. The van der Waals surface area contributed by atoms with E-state index in [1.165, 1.54) is 17.7 Å². The molecule has 1 amide bonds. The number of rotatable bonds is 4. The summed E-state index contributed by atoms with van der Waals surface area (Å²) in [5.74, 6) is 0.702. The van der Waals surface area contributed by atoms with Crippen LogP contribution in [0.4, 0.5) is 11.5 Å². The Labute approximate surface area is 146 Å². The number of carbonyl (C=O) groups excluding carboxylic acids is 1. The zero-order valence-corrected chi connectivity index (χ0v) is 14.8. The van der Waals surface area contributed by atoms with Gasteiger partial charge in [0, 0.05) is 19.8 Å². The standard InChI is InChI=1S/C14H15N7OS2/c1-20-6-8(5-17-20)21-4-3-9(13(21)22)18-11-10-12(16-7-15-11)19-14(23-2)24-10/h5-7,9H,3-4H2,1-2H3,(H,15,16,18). The van der Waals surface area contributed by atoms with Crippen molar-refractivity contribution in [2.75, 3.05) is 23.0 Å². The second kappa shape index (κ2) is 6.02. The Kier molecular flexibility index (Phi) is 3.85. The van der Waals surface area contributed by atoms with Gasteiger partial charge in [-0.25, -0.2) is 15.0 Å². The first-order valence-electron chi connectivity index (χ1n) is 7.38. The molecule has 4 rings (SSSR count). The third kappa shape index (κ3) is 2.61. The van der Waals surface area contributed by atoms with E-state index in [9.17, 15) is 4.79 Å². The Morgan fingerprint density at radius 2 is 2.29 bits per heavy atom. The summed E-state index contributed by atoms with van der Waals surface area (Å²) in [6.07, 6.45) is 7.72. The van der Waals surface area contributed by atoms with E-state index >= 15 is 0 Å². The molecule has 3 aromatic heterocycles. The quantitative estimate of drug-likeness (QED) is 0.708. The molecule has 4 heterocycles. The van der Waals surface area contributed by atoms with Gasteiger partial charge >= 0.3 is 0 Å². The van der Waals surface area contributed by atoms with E-state index in [-0.39, 0.29) is 11.9 Å². The lowest BCUT2D eigenvalue weighted by Crippen LogP contribution is -2.33. The van der Waals surface area contributed by atoms with Gasteiger partial charge in [0.25, 0.3) is 0 Å². The highest BCUT2D eigenvalue weighted by molar-refractivity contribution is 8.00. The molecule has 1 aliphatic heterocycles. The molecule has 0 aliphatic carbocycles. The minimum absolute atomic E-state index is 0.0318. The first-order chi connectivity index (χ1) is 11.7. The normalized spacial score (nSPS) is 17.8. The lowest BCUT2D eigenvalue weighted by Gasteiger charge is -2.15. The minimum Gasteiger partial charge on any atom is -0.357 e. The molecule has 0 bridgehead atoms. The Hall–Kier alpha value is -2.20. The van der Waals surface area contributed by atoms with Crippen LogP contribution < -0.4 is 10.2 Å². The summed E-state index contributed by atoms with van der Waals surface area (Å²) < 4.78 is 3.51. The molecule has 0 radical (unpaired) electrons. The van der Waals surface area contributed by atoms with Gasteiger partial charge in [0.05, 0.1) is 11.9 Å². The van der Waals surface area contributed by atoms with E-state index in [0.717, 1.165) is 14.7 Å². The van der Waals surface area contributed by atoms with Crippen LogP contribution in [0.3, 0.4) is 0 Å². The maximum atomic E-state index is 12.7. The Morgan fingerprint density at radius 3 is 3.04 bits per heavy atom. The van der Waals surface area contributed by atoms with Gasteiger partial charge in [-0.1, -0.05) is 11.8 Å². The summed E-state index contributed by atoms with van der Waals surface area (Å²) >= 11 is 3.11. The SMILES string of the molecule is CSc1nc2ncnc(NC3CCN(c4cnn(C)c4)C3=O)c2s1. The maximum absolute atomic E-state index is 12.7. The molecule has 1 N–H and O–H groups in total. The lowest BCUT2D eigenvalue weighted by atomic mass is 10.2. The average molecular weight is 361 g/mol. The topological polar surface area (TPSA) is 88.8 Å². The number of nitrogens with one attached hydrogen (secondary N) is 1. The van der Waals surface area contributed by atoms with Gasteiger partial charge in [0.1, 0.15) is 22.9 Å². The van der Waals surface area contributed by atoms with Crippen molar-refractivity contribution in [3.63, 3.8) is 0 Å². The molecule has 0 aromatic carbocycles. The number of aromatic nitrogens is 5. The van der Waals surface area contributed by atoms with Crippen LogP contribution in [0.1, 0.15) is 6.42 Å². The fourth-order valence-electron chi connectivity index (χ4n) is 2.71. The molecule has 1 saturated heterocycles. The third-order valence-electron chi connectivity index (χ3n) is 3.87. The Bertz CT molecular complexity index is 906. The van der Waals surface area contributed by atoms with E-state index in [0.29, 0.717) is 24.4 Å². The predicted molar refractivity (Wildman–Crippen MR) is 94.6 cm³/mol. The molecule has 1 unspecified atom stereocenters. The van der Waals surface area contributed by atoms with Crippen molar-refractivity contribution in [2.24, 2.45) is 7.05 Å². The van der Waals surface area contributed by atoms with Crippen molar-refractivity contribution >= 4 is 50.9 Å². The van der Waals surface area contributed by atoms with Crippen molar-refractivity contribution < 1.29 is 4.79 Å². The van der Waals surface area contributed by atoms with Gasteiger partial charge in [-0.3, -0.25) is 9.48 Å². The summed E-state index contributed by atoms with van der Waals surface area (Å²) in [5.41, 5.74) is 1.48. The van der Waals surface area contributed by atoms with Crippen molar-refractivity contribution in [1.29, 1.82) is 0 Å². The van der Waals surface area contributed by atoms with E-state index in [1.807, 2.05) is 19.5 Å². The molecule has 8 nitrogen and oxygen atoms in total. The van der Waals surface area contributed by atoms with E-state index in [2.05, 4.69) is 25.4 Å². The number of amides is 1. The van der Waals surface area contributed by atoms with Crippen LogP contribution in [0, 0.1) is 0 Å². The monoisotopic (exact) mass is 361 g/mol. The number of fused-ring (bicyclic) bond motifs is 1. The molecule has 24 heavy (non-hydrogen) atoms. The average Bonchev–Trinajstić information content (AvgIpc) is 3.27. The molecule has 1 aliphatic rings. The largest absolute Gasteiger partial charge is 0.357 e. The molecule has 10 heteroatoms. The molecule has 3 aromatic rings. The number of carbonyl (C=O) groups is 1. The maximum Gasteiger partial charge on any atom is 0.249 e. The Balaban J connectivity index is 1.58. The van der Waals surface area contributed by atoms with E-state index < -0.39 is 0 Å². The van der Waals surface area contributed by atoms with E-state index in [1.54, 1.807) is 27.5 Å². The first kappa shape index (κ1) is 15.3. The van der Waals surface area contributed by atoms with Crippen LogP contribution in [0.25, 0.3) is 10.3 Å². The number of nitrogens with zero attached hydrogens (tertiary/aromatic N) is 6. The zero-order valence-electron chi connectivity index (χ0n) is 13.1. The number of thiazole rings is 1. The van der Waals surface area contributed by atoms with Crippen LogP contribution in [0.2, 0.25) is 0 Å². The zero-order chi connectivity index (χ0) is 16.7. The molecule has 0 saturated carbocycles. The number of thioether (sulfide) groups is 1. The van der Waals surface area contributed by atoms with Gasteiger partial charge in [-0.2, -0.15) is 5.10 Å². The summed E-state index contributed by atoms with van der Waals surface area (Å²) in [5, 5.41) is 7.40. The predicted octanol–water partition coefficient (Wildman–Crippen LogP) is 1.76. The fraction of sp³-hybridized carbons (Fsp3) is 0.357. The van der Waals surface area contributed by atoms with E-state index in [4.69, 9.17) is 0 Å². The minimum atomic E-state index is -0.303. The van der Waals surface area contributed by atoms with Gasteiger partial charge in [-0.05, 0) is 12.7 Å². The smallest absolute Gasteiger partial charge is 0.249 e. The first-order valence-corrected chi connectivity index (χ1v) is 9.42. The highest BCUT2D eigenvalue weighted by Crippen LogP contribution is 2.32. The Morgan fingerprint density at radius 1 is 1.42 bits per heavy atom. The van der Waals surface area contributed by atoms with Crippen molar-refractivity contribution in [1.82, 2.24) is 24.7 Å². The van der Waals surface area contributed by atoms with Gasteiger partial charge in [0.15, 0.2) is 9.99 Å². The number of hydrogen-bond acceptors (Lipinski definition) is 8. The molecule has 124 valence electrons. The van der Waals surface area contributed by atoms with Gasteiger partial charge < -0.3 is 10.2 Å². The summed E-state index contributed by atoms with van der Waals surface area (Å²) in [6, 6.07) is -0.303. The fourth-order valence-corrected chi connectivity index (χ4v) is 4.17. The second-order valence-corrected chi connectivity index (χ2v) is 7.46. The molecule has 1 atom stereocenters. The highest BCUT2D eigenvalue weighted by Gasteiger charge is 2.33. The van der Waals surface area contributed by atoms with Gasteiger partial charge in [0.2, 0.25) is 5.91 Å². The molecule has 0 spiro atoms. The molecular formula is C14H15N7OS2. The van der Waals surface area contributed by atoms with Crippen LogP contribution in [-0.4, -0.2) is 49.5 Å². The van der Waals surface area contributed by atoms with Crippen LogP contribution in [0.5, 0.6) is 0 Å². The highest BCUT2D eigenvalue weighted by atomic mass is 32.2. The number of aryl methyl sites for hydroxylation is 1. The second-order valence-electron chi connectivity index (χ2n) is 5.41. The van der Waals surface area contributed by atoms with Crippen molar-refractivity contribution in [2.45, 2.75) is 16.8 Å². The van der Waals surface area contributed by atoms with Gasteiger partial charge in [-0.15, -0.1) is 11.3 Å². The van der Waals surface area contributed by atoms with Crippen LogP contribution >= 0.6 is 23.1 Å². The van der Waals surface area contributed by atoms with Crippen molar-refractivity contribution in [3.05, 3.63) is 18.7 Å². The lowest BCUT2D eigenvalue weighted by molar-refractivity contribution is -0.117. The molecule has 1 fully saturated rings. The summed E-state index contributed by atoms with van der Waals surface area (Å²) in [7, 11) is 1.84. The number of hydrogen-bond donors (Lipinski definition) is 1. The van der Waals surface area contributed by atoms with Crippen molar-refractivity contribution in [3.8, 4) is 0 Å². The van der Waals surface area contributed by atoms with Crippen LogP contribution in [-0.2, 0) is 11.8 Å². The van der Waals surface area contributed by atoms with Crippen LogP contribution in [0.15, 0.2) is 23.1 Å². The third-order valence-corrected chi connectivity index (χ3v) is 5.90. The summed E-state index contributed by atoms with van der Waals surface area (Å²) in [4.78, 5) is 27.4. The number of anilines is 2. The molecular weight excluding hydrogens is 346 g/mol.